The summed E-state index contributed by atoms with van der Waals surface area (Å²) >= 11 is 0. The van der Waals surface area contributed by atoms with E-state index in [1.54, 1.807) is 0 Å². The predicted molar refractivity (Wildman–Crippen MR) is 88.1 cm³/mol. The molecular formula is C18H24N2O3. The van der Waals surface area contributed by atoms with Gasteiger partial charge in [-0.25, -0.2) is 4.90 Å². The molecule has 0 bridgehead atoms. The van der Waals surface area contributed by atoms with Crippen LogP contribution in [0.4, 0.5) is 5.69 Å². The Hall–Kier alpha value is -1.72. The Morgan fingerprint density at radius 3 is 2.74 bits per heavy atom. The summed E-state index contributed by atoms with van der Waals surface area (Å²) in [6.07, 6.45) is 4.07. The fraction of sp³-hybridized carbons (Fsp3) is 0.556. The number of hydrogen-bond acceptors (Lipinski definition) is 4. The highest BCUT2D eigenvalue weighted by Gasteiger charge is 2.45. The zero-order valence-electron chi connectivity index (χ0n) is 13.6. The number of para-hydroxylation sites is 1. The third-order valence-electron chi connectivity index (χ3n) is 5.01. The molecule has 3 rings (SSSR count). The number of amides is 2. The zero-order chi connectivity index (χ0) is 16.4. The first-order chi connectivity index (χ1) is 11.1. The Balaban J connectivity index is 1.84. The molecule has 1 aromatic carbocycles. The molecule has 2 fully saturated rings. The molecule has 0 spiro atoms. The fourth-order valence-electron chi connectivity index (χ4n) is 3.83. The van der Waals surface area contributed by atoms with Gasteiger partial charge in [-0.05, 0) is 44.4 Å². The van der Waals surface area contributed by atoms with E-state index in [1.165, 1.54) is 4.90 Å². The molecule has 0 unspecified atom stereocenters. The van der Waals surface area contributed by atoms with Crippen LogP contribution in [0.15, 0.2) is 24.3 Å². The van der Waals surface area contributed by atoms with Gasteiger partial charge in [0, 0.05) is 12.6 Å². The van der Waals surface area contributed by atoms with E-state index in [0.717, 1.165) is 31.4 Å². The molecule has 2 heterocycles. The maximum Gasteiger partial charge on any atom is 0.251 e. The normalized spacial score (nSPS) is 26.1. The molecule has 23 heavy (non-hydrogen) atoms. The minimum absolute atomic E-state index is 0.117. The third-order valence-corrected chi connectivity index (χ3v) is 5.01. The van der Waals surface area contributed by atoms with Crippen molar-refractivity contribution in [1.29, 1.82) is 0 Å². The van der Waals surface area contributed by atoms with Crippen molar-refractivity contribution in [2.24, 2.45) is 0 Å². The quantitative estimate of drug-likeness (QED) is 0.862. The van der Waals surface area contributed by atoms with E-state index in [4.69, 9.17) is 0 Å². The van der Waals surface area contributed by atoms with Crippen molar-refractivity contribution in [2.45, 2.75) is 51.1 Å². The summed E-state index contributed by atoms with van der Waals surface area (Å²) in [6.45, 7) is 2.87. The molecule has 2 aliphatic rings. The lowest BCUT2D eigenvalue weighted by Crippen LogP contribution is -2.50. The second-order valence-electron chi connectivity index (χ2n) is 6.47. The number of likely N-dealkylation sites (tertiary alicyclic amines) is 1. The minimum atomic E-state index is -0.376. The Labute approximate surface area is 136 Å². The monoisotopic (exact) mass is 316 g/mol. The highest BCUT2D eigenvalue weighted by Crippen LogP contribution is 2.31. The predicted octanol–water partition coefficient (Wildman–Crippen LogP) is 1.86. The van der Waals surface area contributed by atoms with Crippen LogP contribution in [0.2, 0.25) is 0 Å². The van der Waals surface area contributed by atoms with Gasteiger partial charge in [0.05, 0.1) is 18.2 Å². The summed E-state index contributed by atoms with van der Waals surface area (Å²) in [7, 11) is 0. The van der Waals surface area contributed by atoms with Gasteiger partial charge in [0.15, 0.2) is 0 Å². The Kier molecular flexibility index (Phi) is 4.78. The van der Waals surface area contributed by atoms with Crippen LogP contribution in [0.1, 0.15) is 37.7 Å². The van der Waals surface area contributed by atoms with Gasteiger partial charge in [-0.3, -0.25) is 14.5 Å². The minimum Gasteiger partial charge on any atom is -0.396 e. The van der Waals surface area contributed by atoms with Crippen LogP contribution in [0.25, 0.3) is 0 Å². The first-order valence-corrected chi connectivity index (χ1v) is 8.42. The van der Waals surface area contributed by atoms with Crippen LogP contribution in [0.3, 0.4) is 0 Å². The van der Waals surface area contributed by atoms with Crippen LogP contribution in [-0.4, -0.2) is 47.1 Å². The Morgan fingerprint density at radius 2 is 2.00 bits per heavy atom. The van der Waals surface area contributed by atoms with Gasteiger partial charge in [-0.1, -0.05) is 24.6 Å². The molecule has 124 valence electrons. The van der Waals surface area contributed by atoms with Crippen molar-refractivity contribution in [3.8, 4) is 0 Å². The van der Waals surface area contributed by atoms with Gasteiger partial charge in [0.1, 0.15) is 0 Å². The smallest absolute Gasteiger partial charge is 0.251 e. The molecule has 2 aliphatic heterocycles. The van der Waals surface area contributed by atoms with Crippen LogP contribution in [0.5, 0.6) is 0 Å². The molecule has 1 N–H and O–H groups in total. The lowest BCUT2D eigenvalue weighted by Gasteiger charge is -2.38. The number of anilines is 1. The number of rotatable bonds is 4. The molecule has 0 radical (unpaired) electrons. The highest BCUT2D eigenvalue weighted by atomic mass is 16.3. The largest absolute Gasteiger partial charge is 0.396 e. The lowest BCUT2D eigenvalue weighted by molar-refractivity contribution is -0.124. The number of carbonyl (C=O) groups is 2. The van der Waals surface area contributed by atoms with Crippen LogP contribution in [-0.2, 0) is 9.59 Å². The first-order valence-electron chi connectivity index (χ1n) is 8.42. The summed E-state index contributed by atoms with van der Waals surface area (Å²) < 4.78 is 0. The molecule has 2 saturated heterocycles. The molecule has 5 heteroatoms. The number of carbonyl (C=O) groups excluding carboxylic acids is 2. The maximum absolute atomic E-state index is 12.9. The number of aryl methyl sites for hydroxylation is 1. The second-order valence-corrected chi connectivity index (χ2v) is 6.47. The molecule has 2 amide bonds. The van der Waals surface area contributed by atoms with Crippen LogP contribution in [0, 0.1) is 6.92 Å². The van der Waals surface area contributed by atoms with E-state index < -0.39 is 0 Å². The van der Waals surface area contributed by atoms with Gasteiger partial charge in [0.2, 0.25) is 5.91 Å². The number of benzene rings is 1. The highest BCUT2D eigenvalue weighted by molar-refractivity contribution is 6.22. The van der Waals surface area contributed by atoms with Gasteiger partial charge in [-0.2, -0.15) is 0 Å². The molecule has 5 nitrogen and oxygen atoms in total. The van der Waals surface area contributed by atoms with Gasteiger partial charge < -0.3 is 5.11 Å². The van der Waals surface area contributed by atoms with E-state index in [9.17, 15) is 14.7 Å². The van der Waals surface area contributed by atoms with Crippen LogP contribution >= 0.6 is 0 Å². The number of nitrogens with zero attached hydrogens (tertiary/aromatic N) is 2. The fourth-order valence-corrected chi connectivity index (χ4v) is 3.83. The first kappa shape index (κ1) is 16.1. The number of aliphatic hydroxyl groups is 1. The summed E-state index contributed by atoms with van der Waals surface area (Å²) in [6, 6.07) is 7.33. The maximum atomic E-state index is 12.9. The standard InChI is InChI=1S/C18H24N2O3/c1-13-6-2-3-8-15(13)20-17(22)12-16(18(20)23)19-10-5-4-7-14(19)9-11-21/h2-3,6,8,14,16,21H,4-5,7,9-12H2,1H3/t14-,16+/m1/s1. The number of hydrogen-bond donors (Lipinski definition) is 1. The van der Waals surface area contributed by atoms with Crippen molar-refractivity contribution < 1.29 is 14.7 Å². The summed E-state index contributed by atoms with van der Waals surface area (Å²) in [5, 5.41) is 9.27. The van der Waals surface area contributed by atoms with Crippen molar-refractivity contribution in [3.05, 3.63) is 29.8 Å². The average molecular weight is 316 g/mol. The number of aliphatic hydroxyl groups excluding tert-OH is 1. The zero-order valence-corrected chi connectivity index (χ0v) is 13.6. The van der Waals surface area contributed by atoms with E-state index >= 15 is 0 Å². The SMILES string of the molecule is Cc1ccccc1N1C(=O)C[C@H](N2CCCC[C@@H]2CCO)C1=O. The van der Waals surface area contributed by atoms with E-state index in [2.05, 4.69) is 4.90 Å². The lowest BCUT2D eigenvalue weighted by atomic mass is 9.97. The summed E-state index contributed by atoms with van der Waals surface area (Å²) in [5.41, 5.74) is 1.63. The van der Waals surface area contributed by atoms with Crippen molar-refractivity contribution in [2.75, 3.05) is 18.1 Å². The van der Waals surface area contributed by atoms with Gasteiger partial charge in [0.25, 0.3) is 5.91 Å². The molecule has 0 aliphatic carbocycles. The molecule has 0 saturated carbocycles. The average Bonchev–Trinajstić information content (AvgIpc) is 2.84. The third kappa shape index (κ3) is 3.03. The van der Waals surface area contributed by atoms with E-state index in [-0.39, 0.29) is 36.9 Å². The van der Waals surface area contributed by atoms with E-state index in [0.29, 0.717) is 12.1 Å². The second kappa shape index (κ2) is 6.81. The van der Waals surface area contributed by atoms with Crippen molar-refractivity contribution in [1.82, 2.24) is 4.90 Å². The number of piperidine rings is 1. The van der Waals surface area contributed by atoms with Crippen LogP contribution < -0.4 is 4.90 Å². The number of imide groups is 1. The topological polar surface area (TPSA) is 60.9 Å². The summed E-state index contributed by atoms with van der Waals surface area (Å²) in [5.74, 6) is -0.239. The van der Waals surface area contributed by atoms with Crippen molar-refractivity contribution in [3.63, 3.8) is 0 Å². The Morgan fingerprint density at radius 1 is 1.22 bits per heavy atom. The molecule has 1 aromatic rings. The molecular weight excluding hydrogens is 292 g/mol. The van der Waals surface area contributed by atoms with Gasteiger partial charge in [-0.15, -0.1) is 0 Å². The summed E-state index contributed by atoms with van der Waals surface area (Å²) in [4.78, 5) is 28.9. The molecule has 2 atom stereocenters. The molecule has 0 aromatic heterocycles. The Bertz CT molecular complexity index is 600. The van der Waals surface area contributed by atoms with Crippen molar-refractivity contribution >= 4 is 17.5 Å². The van der Waals surface area contributed by atoms with Gasteiger partial charge >= 0.3 is 0 Å². The van der Waals surface area contributed by atoms with E-state index in [1.807, 2.05) is 31.2 Å².